The number of hydrogen-bond acceptors (Lipinski definition) is 3. The first-order valence-electron chi connectivity index (χ1n) is 7.20. The maximum absolute atomic E-state index is 4.75. The minimum absolute atomic E-state index is 0.105. The highest BCUT2D eigenvalue weighted by molar-refractivity contribution is 7.10. The van der Waals surface area contributed by atoms with E-state index in [1.165, 1.54) is 15.8 Å². The molecule has 0 radical (unpaired) electrons. The van der Waals surface area contributed by atoms with E-state index in [0.717, 1.165) is 17.9 Å². The van der Waals surface area contributed by atoms with E-state index in [4.69, 9.17) is 4.98 Å². The van der Waals surface area contributed by atoms with Crippen LogP contribution in [0.5, 0.6) is 0 Å². The third kappa shape index (κ3) is 2.93. The standard InChI is InChI=1S/C18H20N2S/c1-13-11-14-7-4-5-8-15(14)20-17(13)19-12-18(2,3)16-9-6-10-21-16/h4-11H,12H2,1-3H3,(H,19,20). The summed E-state index contributed by atoms with van der Waals surface area (Å²) in [5.41, 5.74) is 2.34. The van der Waals surface area contributed by atoms with Gasteiger partial charge in [-0.3, -0.25) is 0 Å². The molecule has 0 atom stereocenters. The van der Waals surface area contributed by atoms with E-state index in [2.05, 4.69) is 67.9 Å². The Hall–Kier alpha value is -1.87. The van der Waals surface area contributed by atoms with Crippen LogP contribution < -0.4 is 5.32 Å². The van der Waals surface area contributed by atoms with Gasteiger partial charge in [0.25, 0.3) is 0 Å². The van der Waals surface area contributed by atoms with Crippen LogP contribution in [0.4, 0.5) is 5.82 Å². The van der Waals surface area contributed by atoms with Gasteiger partial charge in [-0.25, -0.2) is 4.98 Å². The molecule has 0 saturated carbocycles. The SMILES string of the molecule is Cc1cc2ccccc2nc1NCC(C)(C)c1cccs1. The number of thiophene rings is 1. The lowest BCUT2D eigenvalue weighted by Crippen LogP contribution is -2.27. The van der Waals surface area contributed by atoms with Crippen LogP contribution in [0.3, 0.4) is 0 Å². The Kier molecular flexibility index (Phi) is 3.68. The molecular formula is C18H20N2S. The molecule has 0 aliphatic carbocycles. The van der Waals surface area contributed by atoms with Crippen molar-refractivity contribution in [2.75, 3.05) is 11.9 Å². The fourth-order valence-corrected chi connectivity index (χ4v) is 3.31. The molecule has 0 aliphatic heterocycles. The summed E-state index contributed by atoms with van der Waals surface area (Å²) in [4.78, 5) is 6.15. The number of nitrogens with zero attached hydrogens (tertiary/aromatic N) is 1. The van der Waals surface area contributed by atoms with Crippen LogP contribution in [0, 0.1) is 6.92 Å². The summed E-state index contributed by atoms with van der Waals surface area (Å²) in [6.07, 6.45) is 0. The van der Waals surface area contributed by atoms with Gasteiger partial charge in [-0.2, -0.15) is 0 Å². The van der Waals surface area contributed by atoms with Crippen LogP contribution in [0.25, 0.3) is 10.9 Å². The van der Waals surface area contributed by atoms with Crippen LogP contribution >= 0.6 is 11.3 Å². The highest BCUT2D eigenvalue weighted by atomic mass is 32.1. The molecule has 21 heavy (non-hydrogen) atoms. The number of hydrogen-bond donors (Lipinski definition) is 1. The minimum Gasteiger partial charge on any atom is -0.369 e. The zero-order valence-corrected chi connectivity index (χ0v) is 13.5. The molecule has 0 bridgehead atoms. The number of nitrogens with one attached hydrogen (secondary N) is 1. The summed E-state index contributed by atoms with van der Waals surface area (Å²) in [5, 5.41) is 6.86. The average Bonchev–Trinajstić information content (AvgIpc) is 3.00. The summed E-state index contributed by atoms with van der Waals surface area (Å²) >= 11 is 1.81. The maximum Gasteiger partial charge on any atom is 0.129 e. The van der Waals surface area contributed by atoms with Gasteiger partial charge in [-0.05, 0) is 36.1 Å². The normalized spacial score (nSPS) is 11.8. The van der Waals surface area contributed by atoms with Crippen molar-refractivity contribution in [1.82, 2.24) is 4.98 Å². The number of aryl methyl sites for hydroxylation is 1. The summed E-state index contributed by atoms with van der Waals surface area (Å²) in [6.45, 7) is 7.52. The molecule has 0 fully saturated rings. The summed E-state index contributed by atoms with van der Waals surface area (Å²) in [5.74, 6) is 0.985. The zero-order valence-electron chi connectivity index (χ0n) is 12.7. The molecule has 3 heteroatoms. The molecule has 0 unspecified atom stereocenters. The number of pyridine rings is 1. The molecule has 3 aromatic rings. The molecular weight excluding hydrogens is 276 g/mol. The summed E-state index contributed by atoms with van der Waals surface area (Å²) in [7, 11) is 0. The summed E-state index contributed by atoms with van der Waals surface area (Å²) in [6, 6.07) is 14.8. The molecule has 108 valence electrons. The van der Waals surface area contributed by atoms with Crippen molar-refractivity contribution in [3.63, 3.8) is 0 Å². The van der Waals surface area contributed by atoms with E-state index in [1.807, 2.05) is 17.4 Å². The predicted octanol–water partition coefficient (Wildman–Crippen LogP) is 4.99. The van der Waals surface area contributed by atoms with Crippen LogP contribution in [0.2, 0.25) is 0 Å². The Balaban J connectivity index is 1.83. The highest BCUT2D eigenvalue weighted by Crippen LogP contribution is 2.28. The lowest BCUT2D eigenvalue weighted by atomic mass is 9.91. The number of aromatic nitrogens is 1. The second-order valence-corrected chi connectivity index (χ2v) is 7.01. The Morgan fingerprint density at radius 3 is 2.71 bits per heavy atom. The first-order valence-corrected chi connectivity index (χ1v) is 8.08. The van der Waals surface area contributed by atoms with Crippen LogP contribution in [-0.4, -0.2) is 11.5 Å². The monoisotopic (exact) mass is 296 g/mol. The van der Waals surface area contributed by atoms with Crippen molar-refractivity contribution in [3.8, 4) is 0 Å². The number of anilines is 1. The Morgan fingerprint density at radius 2 is 1.95 bits per heavy atom. The third-order valence-corrected chi connectivity index (χ3v) is 5.04. The molecule has 2 aromatic heterocycles. The molecule has 0 saturated heterocycles. The van der Waals surface area contributed by atoms with Crippen molar-refractivity contribution >= 4 is 28.1 Å². The predicted molar refractivity (Wildman–Crippen MR) is 92.3 cm³/mol. The second-order valence-electron chi connectivity index (χ2n) is 6.06. The van der Waals surface area contributed by atoms with Crippen molar-refractivity contribution in [1.29, 1.82) is 0 Å². The molecule has 0 amide bonds. The number of para-hydroxylation sites is 1. The van der Waals surface area contributed by atoms with Gasteiger partial charge < -0.3 is 5.32 Å². The van der Waals surface area contributed by atoms with Crippen LogP contribution in [0.15, 0.2) is 47.8 Å². The lowest BCUT2D eigenvalue weighted by molar-refractivity contribution is 0.568. The van der Waals surface area contributed by atoms with Crippen LogP contribution in [-0.2, 0) is 5.41 Å². The van der Waals surface area contributed by atoms with Gasteiger partial charge in [-0.1, -0.05) is 38.1 Å². The minimum atomic E-state index is 0.105. The topological polar surface area (TPSA) is 24.9 Å². The zero-order chi connectivity index (χ0) is 14.9. The smallest absolute Gasteiger partial charge is 0.129 e. The lowest BCUT2D eigenvalue weighted by Gasteiger charge is -2.24. The van der Waals surface area contributed by atoms with Gasteiger partial charge >= 0.3 is 0 Å². The molecule has 1 aromatic carbocycles. The molecule has 3 rings (SSSR count). The quantitative estimate of drug-likeness (QED) is 0.733. The van der Waals surface area contributed by atoms with Crippen molar-refractivity contribution in [2.24, 2.45) is 0 Å². The average molecular weight is 296 g/mol. The first kappa shape index (κ1) is 14.1. The fourth-order valence-electron chi connectivity index (χ4n) is 2.46. The van der Waals surface area contributed by atoms with E-state index >= 15 is 0 Å². The van der Waals surface area contributed by atoms with Gasteiger partial charge in [0.05, 0.1) is 5.52 Å². The number of fused-ring (bicyclic) bond motifs is 1. The van der Waals surface area contributed by atoms with Crippen LogP contribution in [0.1, 0.15) is 24.3 Å². The molecule has 2 nitrogen and oxygen atoms in total. The molecule has 2 heterocycles. The van der Waals surface area contributed by atoms with E-state index in [1.54, 1.807) is 0 Å². The van der Waals surface area contributed by atoms with Gasteiger partial charge in [0.1, 0.15) is 5.82 Å². The van der Waals surface area contributed by atoms with E-state index < -0.39 is 0 Å². The Bertz CT molecular complexity index is 745. The fraction of sp³-hybridized carbons (Fsp3) is 0.278. The van der Waals surface area contributed by atoms with Crippen molar-refractivity contribution < 1.29 is 0 Å². The maximum atomic E-state index is 4.75. The number of rotatable bonds is 4. The molecule has 0 aliphatic rings. The van der Waals surface area contributed by atoms with Gasteiger partial charge in [-0.15, -0.1) is 11.3 Å². The third-order valence-electron chi connectivity index (χ3n) is 3.80. The Labute approximate surface area is 129 Å². The molecule has 1 N–H and O–H groups in total. The largest absolute Gasteiger partial charge is 0.369 e. The van der Waals surface area contributed by atoms with Gasteiger partial charge in [0.15, 0.2) is 0 Å². The highest BCUT2D eigenvalue weighted by Gasteiger charge is 2.21. The number of benzene rings is 1. The molecule has 0 spiro atoms. The van der Waals surface area contributed by atoms with Gasteiger partial charge in [0.2, 0.25) is 0 Å². The first-order chi connectivity index (χ1) is 10.1. The van der Waals surface area contributed by atoms with E-state index in [9.17, 15) is 0 Å². The van der Waals surface area contributed by atoms with Crippen molar-refractivity contribution in [3.05, 3.63) is 58.3 Å². The van der Waals surface area contributed by atoms with E-state index in [-0.39, 0.29) is 5.41 Å². The Morgan fingerprint density at radius 1 is 1.14 bits per heavy atom. The van der Waals surface area contributed by atoms with E-state index in [0.29, 0.717) is 0 Å². The van der Waals surface area contributed by atoms with Gasteiger partial charge in [0, 0.05) is 22.2 Å². The second kappa shape index (κ2) is 5.49. The van der Waals surface area contributed by atoms with Crippen molar-refractivity contribution in [2.45, 2.75) is 26.2 Å². The summed E-state index contributed by atoms with van der Waals surface area (Å²) < 4.78 is 0.